The molecule has 0 spiro atoms. The first kappa shape index (κ1) is 28.2. The van der Waals surface area contributed by atoms with E-state index in [1.165, 1.54) is 62.9 Å². The minimum Gasteiger partial charge on any atom is -0.494 e. The van der Waals surface area contributed by atoms with E-state index in [4.69, 9.17) is 4.74 Å². The Morgan fingerprint density at radius 2 is 1.22 bits per heavy atom. The van der Waals surface area contributed by atoms with Crippen LogP contribution < -0.4 is 4.74 Å². The minimum atomic E-state index is -0.961. The number of rotatable bonds is 15. The number of carboxylic acid groups (broad SMARTS) is 1. The van der Waals surface area contributed by atoms with Gasteiger partial charge < -0.3 is 9.84 Å². The highest BCUT2D eigenvalue weighted by atomic mass is 16.5. The summed E-state index contributed by atoms with van der Waals surface area (Å²) >= 11 is 0. The van der Waals surface area contributed by atoms with Gasteiger partial charge in [0.2, 0.25) is 0 Å². The van der Waals surface area contributed by atoms with Crippen molar-refractivity contribution in [3.8, 4) is 5.75 Å². The Morgan fingerprint density at radius 3 is 1.69 bits per heavy atom. The summed E-state index contributed by atoms with van der Waals surface area (Å²) < 4.78 is 5.96. The molecule has 2 aromatic rings. The highest BCUT2D eigenvalue weighted by Gasteiger charge is 2.52. The molecule has 0 saturated carbocycles. The smallest absolute Gasteiger partial charge is 0.335 e. The van der Waals surface area contributed by atoms with Crippen LogP contribution in [-0.2, 0) is 16.3 Å². The molecule has 0 amide bonds. The van der Waals surface area contributed by atoms with Gasteiger partial charge in [-0.2, -0.15) is 0 Å². The van der Waals surface area contributed by atoms with Gasteiger partial charge in [-0.1, -0.05) is 89.0 Å². The summed E-state index contributed by atoms with van der Waals surface area (Å²) in [6.07, 6.45) is 14.5. The number of carbonyl (C=O) groups is 1. The monoisotopic (exact) mass is 494 g/mol. The Morgan fingerprint density at radius 1 is 0.778 bits per heavy atom. The van der Waals surface area contributed by atoms with Crippen LogP contribution in [0.1, 0.15) is 119 Å². The molecule has 2 atom stereocenters. The van der Waals surface area contributed by atoms with Crippen LogP contribution in [-0.4, -0.2) is 22.7 Å². The van der Waals surface area contributed by atoms with Gasteiger partial charge >= 0.3 is 5.97 Å². The third kappa shape index (κ3) is 6.89. The van der Waals surface area contributed by atoms with Gasteiger partial charge in [-0.25, -0.2) is 4.79 Å². The standard InChI is InChI=1S/C31H44NO4/c1-4-5-6-7-8-9-10-11-12-13-24-36-28-20-18-27(19-21-28)31(3)23-22-30(2,32(31)35)26-16-14-25(15-17-26)29(33)34/h14-21H,4-13,22-24H2,1-3H3,(H,33,34)/t30-,31-/m0/s1. The average Bonchev–Trinajstić information content (AvgIpc) is 3.13. The van der Waals surface area contributed by atoms with Crippen molar-refractivity contribution in [3.05, 3.63) is 65.2 Å². The molecule has 3 rings (SSSR count). The van der Waals surface area contributed by atoms with Crippen LogP contribution in [0.15, 0.2) is 48.5 Å². The van der Waals surface area contributed by atoms with Gasteiger partial charge in [-0.15, -0.1) is 10.3 Å². The van der Waals surface area contributed by atoms with Crippen molar-refractivity contribution in [2.45, 2.75) is 109 Å². The molecule has 197 valence electrons. The number of carboxylic acids is 1. The number of aromatic carboxylic acids is 1. The van der Waals surface area contributed by atoms with Crippen molar-refractivity contribution in [1.82, 2.24) is 5.06 Å². The lowest BCUT2D eigenvalue weighted by Crippen LogP contribution is -2.44. The first-order chi connectivity index (χ1) is 17.3. The number of benzene rings is 2. The molecule has 1 aliphatic heterocycles. The maximum Gasteiger partial charge on any atom is 0.335 e. The quantitative estimate of drug-likeness (QED) is 0.253. The zero-order valence-electron chi connectivity index (χ0n) is 22.4. The lowest BCUT2D eigenvalue weighted by Gasteiger charge is -2.37. The first-order valence-corrected chi connectivity index (χ1v) is 13.9. The van der Waals surface area contributed by atoms with E-state index in [1.807, 2.05) is 38.1 Å². The van der Waals surface area contributed by atoms with Gasteiger partial charge in [0.05, 0.1) is 23.2 Å². The molecule has 1 N–H and O–H groups in total. The molecule has 0 aliphatic carbocycles. The Bertz CT molecular complexity index is 942. The third-order valence-corrected chi connectivity index (χ3v) is 7.99. The number of ether oxygens (including phenoxy) is 1. The van der Waals surface area contributed by atoms with Crippen LogP contribution in [0.2, 0.25) is 0 Å². The molecule has 1 radical (unpaired) electrons. The molecule has 1 saturated heterocycles. The number of hydrogen-bond donors (Lipinski definition) is 1. The van der Waals surface area contributed by atoms with Gasteiger partial charge in [0.25, 0.3) is 0 Å². The minimum absolute atomic E-state index is 0.231. The first-order valence-electron chi connectivity index (χ1n) is 13.9. The summed E-state index contributed by atoms with van der Waals surface area (Å²) in [5, 5.41) is 24.0. The lowest BCUT2D eigenvalue weighted by molar-refractivity contribution is -0.260. The van der Waals surface area contributed by atoms with Crippen LogP contribution in [0.4, 0.5) is 0 Å². The zero-order chi connectivity index (χ0) is 26.0. The fourth-order valence-electron chi connectivity index (χ4n) is 5.42. The second-order valence-corrected chi connectivity index (χ2v) is 10.8. The summed E-state index contributed by atoms with van der Waals surface area (Å²) in [6, 6.07) is 14.7. The van der Waals surface area contributed by atoms with Crippen molar-refractivity contribution in [1.29, 1.82) is 0 Å². The molecule has 1 aliphatic rings. The Kier molecular flexibility index (Phi) is 10.4. The Hall–Kier alpha value is -2.37. The molecule has 0 aromatic heterocycles. The molecule has 5 heteroatoms. The van der Waals surface area contributed by atoms with E-state index in [2.05, 4.69) is 6.92 Å². The summed E-state index contributed by atoms with van der Waals surface area (Å²) in [6.45, 7) is 6.93. The second kappa shape index (κ2) is 13.3. The van der Waals surface area contributed by atoms with Crippen molar-refractivity contribution < 1.29 is 19.8 Å². The van der Waals surface area contributed by atoms with Gasteiger partial charge in [-0.3, -0.25) is 0 Å². The van der Waals surface area contributed by atoms with Crippen LogP contribution in [0, 0.1) is 0 Å². The molecule has 5 nitrogen and oxygen atoms in total. The average molecular weight is 495 g/mol. The summed E-state index contributed by atoms with van der Waals surface area (Å²) in [7, 11) is 0. The molecule has 0 unspecified atom stereocenters. The van der Waals surface area contributed by atoms with E-state index in [-0.39, 0.29) is 5.56 Å². The van der Waals surface area contributed by atoms with Crippen LogP contribution in [0.3, 0.4) is 0 Å². The Balaban J connectivity index is 1.45. The largest absolute Gasteiger partial charge is 0.494 e. The van der Waals surface area contributed by atoms with E-state index in [0.29, 0.717) is 6.42 Å². The fourth-order valence-corrected chi connectivity index (χ4v) is 5.42. The van der Waals surface area contributed by atoms with Crippen molar-refractivity contribution in [3.63, 3.8) is 0 Å². The molecule has 2 aromatic carbocycles. The summed E-state index contributed by atoms with van der Waals surface area (Å²) in [4.78, 5) is 11.2. The molecule has 0 bridgehead atoms. The molecular weight excluding hydrogens is 450 g/mol. The maximum atomic E-state index is 13.6. The topological polar surface area (TPSA) is 69.7 Å². The number of hydrogen-bond acceptors (Lipinski definition) is 3. The van der Waals surface area contributed by atoms with Crippen molar-refractivity contribution >= 4 is 5.97 Å². The summed E-state index contributed by atoms with van der Waals surface area (Å²) in [5.41, 5.74) is 0.720. The van der Waals surface area contributed by atoms with Crippen molar-refractivity contribution in [2.75, 3.05) is 6.61 Å². The predicted molar refractivity (Wildman–Crippen MR) is 144 cm³/mol. The Labute approximate surface area is 217 Å². The number of nitrogens with zero attached hydrogens (tertiary/aromatic N) is 1. The number of hydroxylamine groups is 2. The van der Waals surface area contributed by atoms with E-state index in [1.54, 1.807) is 24.3 Å². The fraction of sp³-hybridized carbons (Fsp3) is 0.581. The van der Waals surface area contributed by atoms with E-state index >= 15 is 0 Å². The van der Waals surface area contributed by atoms with Crippen LogP contribution in [0.5, 0.6) is 5.75 Å². The SMILES string of the molecule is CCCCCCCCCCCCOc1ccc([C@]2(C)CC[C@@](C)(c3ccc(C(=O)O)cc3)N2[O])cc1. The third-order valence-electron chi connectivity index (χ3n) is 7.99. The van der Waals surface area contributed by atoms with Gasteiger partial charge in [0, 0.05) is 0 Å². The zero-order valence-corrected chi connectivity index (χ0v) is 22.4. The molecule has 1 heterocycles. The van der Waals surface area contributed by atoms with Crippen molar-refractivity contribution in [2.24, 2.45) is 0 Å². The van der Waals surface area contributed by atoms with Gasteiger partial charge in [-0.05, 0) is 68.5 Å². The normalized spacial score (nSPS) is 22.1. The van der Waals surface area contributed by atoms with Crippen LogP contribution in [0.25, 0.3) is 0 Å². The van der Waals surface area contributed by atoms with Gasteiger partial charge in [0.1, 0.15) is 5.75 Å². The number of unbranched alkanes of at least 4 members (excludes halogenated alkanes) is 9. The highest BCUT2D eigenvalue weighted by Crippen LogP contribution is 2.51. The van der Waals surface area contributed by atoms with Crippen LogP contribution >= 0.6 is 0 Å². The highest BCUT2D eigenvalue weighted by molar-refractivity contribution is 5.87. The molecular formula is C31H44NO4. The van der Waals surface area contributed by atoms with E-state index in [0.717, 1.165) is 36.3 Å². The lowest BCUT2D eigenvalue weighted by atomic mass is 9.89. The van der Waals surface area contributed by atoms with Gasteiger partial charge in [0.15, 0.2) is 0 Å². The summed E-state index contributed by atoms with van der Waals surface area (Å²) in [5.74, 6) is -0.113. The second-order valence-electron chi connectivity index (χ2n) is 10.8. The van der Waals surface area contributed by atoms with E-state index in [9.17, 15) is 15.1 Å². The molecule has 1 fully saturated rings. The molecule has 36 heavy (non-hydrogen) atoms. The maximum absolute atomic E-state index is 13.6. The van der Waals surface area contributed by atoms with E-state index < -0.39 is 17.0 Å². The predicted octanol–water partition coefficient (Wildman–Crippen LogP) is 8.26.